The van der Waals surface area contributed by atoms with Crippen LogP contribution in [0, 0.1) is 11.8 Å². The molecule has 148 valence electrons. The lowest BCUT2D eigenvalue weighted by atomic mass is 9.75. The van der Waals surface area contributed by atoms with Crippen molar-refractivity contribution in [3.63, 3.8) is 0 Å². The quantitative estimate of drug-likeness (QED) is 0.846. The fourth-order valence-corrected chi connectivity index (χ4v) is 4.58. The van der Waals surface area contributed by atoms with E-state index in [0.29, 0.717) is 24.0 Å². The first kappa shape index (κ1) is 20.0. The first-order chi connectivity index (χ1) is 12.7. The van der Waals surface area contributed by atoms with Gasteiger partial charge in [0.15, 0.2) is 0 Å². The van der Waals surface area contributed by atoms with Crippen molar-refractivity contribution in [1.82, 2.24) is 10.2 Å². The molecule has 1 aliphatic heterocycles. The Bertz CT molecular complexity index is 705. The van der Waals surface area contributed by atoms with Gasteiger partial charge in [-0.1, -0.05) is 23.7 Å². The topological polar surface area (TPSA) is 58.6 Å². The van der Waals surface area contributed by atoms with Gasteiger partial charge in [-0.05, 0) is 63.6 Å². The Labute approximate surface area is 166 Å². The van der Waals surface area contributed by atoms with Crippen LogP contribution in [0.1, 0.15) is 45.6 Å². The van der Waals surface area contributed by atoms with Gasteiger partial charge in [-0.25, -0.2) is 4.79 Å². The summed E-state index contributed by atoms with van der Waals surface area (Å²) in [6.45, 7) is 6.97. The van der Waals surface area contributed by atoms with Gasteiger partial charge in [0.25, 0.3) is 0 Å². The number of hydrogen-bond donors (Lipinski definition) is 1. The lowest BCUT2D eigenvalue weighted by Crippen LogP contribution is -2.44. The number of likely N-dealkylation sites (tertiary alicyclic amines) is 1. The molecule has 0 unspecified atom stereocenters. The number of benzene rings is 1. The van der Waals surface area contributed by atoms with Crippen LogP contribution in [-0.2, 0) is 14.9 Å². The van der Waals surface area contributed by atoms with E-state index >= 15 is 0 Å². The first-order valence-corrected chi connectivity index (χ1v) is 10.0. The van der Waals surface area contributed by atoms with E-state index in [2.05, 4.69) is 5.32 Å². The molecule has 27 heavy (non-hydrogen) atoms. The number of rotatable bonds is 3. The molecule has 1 aliphatic carbocycles. The standard InChI is InChI=1S/C21H29ClN2O3/c1-20(2,3)27-19(26)24-11-9-15(10-12-24)21(13-17(21)18(25)23-4)14-5-7-16(22)8-6-14/h5-8,15,17H,9-13H2,1-4H3,(H,23,25)/t17-,21+/m1/s1. The van der Waals surface area contributed by atoms with Gasteiger partial charge in [-0.3, -0.25) is 4.79 Å². The van der Waals surface area contributed by atoms with Crippen molar-refractivity contribution >= 4 is 23.6 Å². The van der Waals surface area contributed by atoms with Crippen LogP contribution in [0.15, 0.2) is 24.3 Å². The summed E-state index contributed by atoms with van der Waals surface area (Å²) >= 11 is 6.06. The molecule has 2 fully saturated rings. The average molecular weight is 393 g/mol. The van der Waals surface area contributed by atoms with Crippen LogP contribution in [0.25, 0.3) is 0 Å². The van der Waals surface area contributed by atoms with Crippen LogP contribution >= 0.6 is 11.6 Å². The third kappa shape index (κ3) is 4.08. The van der Waals surface area contributed by atoms with Crippen LogP contribution in [0.3, 0.4) is 0 Å². The predicted octanol–water partition coefficient (Wildman–Crippen LogP) is 3.99. The van der Waals surface area contributed by atoms with Crippen molar-refractivity contribution in [3.8, 4) is 0 Å². The number of amides is 2. The van der Waals surface area contributed by atoms with Gasteiger partial charge in [0.2, 0.25) is 5.91 Å². The van der Waals surface area contributed by atoms with E-state index in [9.17, 15) is 9.59 Å². The number of hydrogen-bond acceptors (Lipinski definition) is 3. The molecule has 0 bridgehead atoms. The Morgan fingerprint density at radius 2 is 1.78 bits per heavy atom. The predicted molar refractivity (Wildman–Crippen MR) is 106 cm³/mol. The van der Waals surface area contributed by atoms with Crippen molar-refractivity contribution in [2.24, 2.45) is 11.8 Å². The minimum absolute atomic E-state index is 0.0123. The van der Waals surface area contributed by atoms with Crippen molar-refractivity contribution in [2.45, 2.75) is 51.0 Å². The second-order valence-electron chi connectivity index (χ2n) is 8.66. The van der Waals surface area contributed by atoms with Crippen LogP contribution in [0.4, 0.5) is 4.79 Å². The molecule has 1 N–H and O–H groups in total. The molecule has 6 heteroatoms. The van der Waals surface area contributed by atoms with Crippen LogP contribution in [0.5, 0.6) is 0 Å². The van der Waals surface area contributed by atoms with E-state index in [0.717, 1.165) is 19.3 Å². The highest BCUT2D eigenvalue weighted by Crippen LogP contribution is 2.61. The van der Waals surface area contributed by atoms with Gasteiger partial charge < -0.3 is 15.0 Å². The van der Waals surface area contributed by atoms with Gasteiger partial charge in [0.1, 0.15) is 5.60 Å². The molecule has 1 aromatic rings. The van der Waals surface area contributed by atoms with Crippen LogP contribution < -0.4 is 5.32 Å². The third-order valence-corrected chi connectivity index (χ3v) is 6.08. The zero-order valence-corrected chi connectivity index (χ0v) is 17.3. The number of ether oxygens (including phenoxy) is 1. The second-order valence-corrected chi connectivity index (χ2v) is 9.10. The van der Waals surface area contributed by atoms with E-state index in [4.69, 9.17) is 16.3 Å². The van der Waals surface area contributed by atoms with Gasteiger partial charge in [-0.15, -0.1) is 0 Å². The maximum absolute atomic E-state index is 12.4. The normalized spacial score (nSPS) is 25.8. The number of nitrogens with one attached hydrogen (secondary N) is 1. The summed E-state index contributed by atoms with van der Waals surface area (Å²) in [7, 11) is 1.69. The van der Waals surface area contributed by atoms with E-state index in [1.54, 1.807) is 11.9 Å². The molecule has 1 saturated heterocycles. The lowest BCUT2D eigenvalue weighted by molar-refractivity contribution is -0.122. The number of nitrogens with zero attached hydrogens (tertiary/aromatic N) is 1. The number of carbonyl (C=O) groups is 2. The SMILES string of the molecule is CNC(=O)[C@H]1C[C@]1(c1ccc(Cl)cc1)C1CCN(C(=O)OC(C)(C)C)CC1. The Morgan fingerprint density at radius 1 is 1.19 bits per heavy atom. The summed E-state index contributed by atoms with van der Waals surface area (Å²) in [5.41, 5.74) is 0.542. The van der Waals surface area contributed by atoms with Gasteiger partial charge >= 0.3 is 6.09 Å². The molecule has 1 saturated carbocycles. The summed E-state index contributed by atoms with van der Waals surface area (Å²) < 4.78 is 5.50. The highest BCUT2D eigenvalue weighted by molar-refractivity contribution is 6.30. The minimum atomic E-state index is -0.487. The molecule has 2 aliphatic rings. The Hall–Kier alpha value is -1.75. The zero-order valence-electron chi connectivity index (χ0n) is 16.5. The molecule has 0 aromatic heterocycles. The molecule has 2 amide bonds. The lowest BCUT2D eigenvalue weighted by Gasteiger charge is -2.37. The van der Waals surface area contributed by atoms with Crippen LogP contribution in [0.2, 0.25) is 5.02 Å². The summed E-state index contributed by atoms with van der Waals surface area (Å²) in [6, 6.07) is 7.89. The minimum Gasteiger partial charge on any atom is -0.444 e. The molecule has 0 radical (unpaired) electrons. The highest BCUT2D eigenvalue weighted by Gasteiger charge is 2.63. The fraction of sp³-hybridized carbons (Fsp3) is 0.619. The summed E-state index contributed by atoms with van der Waals surface area (Å²) in [4.78, 5) is 26.5. The second kappa shape index (κ2) is 7.34. The van der Waals surface area contributed by atoms with E-state index in [1.807, 2.05) is 45.0 Å². The molecular formula is C21H29ClN2O3. The molecule has 0 spiro atoms. The van der Waals surface area contributed by atoms with E-state index < -0.39 is 5.60 Å². The maximum atomic E-state index is 12.4. The summed E-state index contributed by atoms with van der Waals surface area (Å²) in [6.07, 6.45) is 2.34. The fourth-order valence-electron chi connectivity index (χ4n) is 4.45. The number of piperidine rings is 1. The number of halogens is 1. The smallest absolute Gasteiger partial charge is 0.410 e. The summed E-state index contributed by atoms with van der Waals surface area (Å²) in [5.74, 6) is 0.445. The monoisotopic (exact) mass is 392 g/mol. The largest absolute Gasteiger partial charge is 0.444 e. The molecule has 3 rings (SSSR count). The van der Waals surface area contributed by atoms with Crippen molar-refractivity contribution in [3.05, 3.63) is 34.9 Å². The zero-order chi connectivity index (χ0) is 19.8. The summed E-state index contributed by atoms with van der Waals surface area (Å²) in [5, 5.41) is 3.50. The van der Waals surface area contributed by atoms with Crippen LogP contribution in [-0.4, -0.2) is 42.6 Å². The highest BCUT2D eigenvalue weighted by atomic mass is 35.5. The van der Waals surface area contributed by atoms with Gasteiger partial charge in [-0.2, -0.15) is 0 Å². The van der Waals surface area contributed by atoms with Crippen molar-refractivity contribution < 1.29 is 14.3 Å². The molecule has 1 aromatic carbocycles. The Balaban J connectivity index is 1.74. The molecule has 1 heterocycles. The third-order valence-electron chi connectivity index (χ3n) is 5.82. The maximum Gasteiger partial charge on any atom is 0.410 e. The van der Waals surface area contributed by atoms with Crippen molar-refractivity contribution in [2.75, 3.05) is 20.1 Å². The molecule has 5 nitrogen and oxygen atoms in total. The Morgan fingerprint density at radius 3 is 2.30 bits per heavy atom. The van der Waals surface area contributed by atoms with Crippen molar-refractivity contribution in [1.29, 1.82) is 0 Å². The van der Waals surface area contributed by atoms with E-state index in [1.165, 1.54) is 5.56 Å². The molecule has 2 atom stereocenters. The average Bonchev–Trinajstić information content (AvgIpc) is 3.37. The Kier molecular flexibility index (Phi) is 5.44. The number of carbonyl (C=O) groups excluding carboxylic acids is 2. The van der Waals surface area contributed by atoms with Gasteiger partial charge in [0, 0.05) is 36.5 Å². The van der Waals surface area contributed by atoms with E-state index in [-0.39, 0.29) is 23.3 Å². The molecular weight excluding hydrogens is 364 g/mol. The van der Waals surface area contributed by atoms with Gasteiger partial charge in [0.05, 0.1) is 0 Å². The first-order valence-electron chi connectivity index (χ1n) is 9.63.